The molecule has 0 aromatic heterocycles. The summed E-state index contributed by atoms with van der Waals surface area (Å²) in [4.78, 5) is 11.7. The molecule has 0 heterocycles. The molecule has 3 N–H and O–H groups in total. The molecule has 0 spiro atoms. The Morgan fingerprint density at radius 1 is 1.44 bits per heavy atom. The number of hydrogen-bond donors (Lipinski definition) is 2. The topological polar surface area (TPSA) is 55.1 Å². The minimum atomic E-state index is -0.565. The second-order valence-corrected chi connectivity index (χ2v) is 4.90. The highest BCUT2D eigenvalue weighted by atomic mass is 19.1. The van der Waals surface area contributed by atoms with Crippen molar-refractivity contribution >= 4 is 11.6 Å². The number of benzene rings is 1. The van der Waals surface area contributed by atoms with Crippen LogP contribution in [0.3, 0.4) is 0 Å². The largest absolute Gasteiger partial charge is 0.323 e. The van der Waals surface area contributed by atoms with Gasteiger partial charge in [-0.3, -0.25) is 4.79 Å². The van der Waals surface area contributed by atoms with Crippen molar-refractivity contribution in [1.82, 2.24) is 0 Å². The fraction of sp³-hybridized carbons (Fsp3) is 0.357. The summed E-state index contributed by atoms with van der Waals surface area (Å²) in [6.07, 6.45) is 0. The number of carbonyl (C=O) groups excluding carboxylic acids is 1. The molecule has 0 bridgehead atoms. The highest BCUT2D eigenvalue weighted by Gasteiger charge is 2.22. The molecule has 0 aliphatic carbocycles. The maximum absolute atomic E-state index is 13.7. The van der Waals surface area contributed by atoms with Crippen LogP contribution in [0.4, 0.5) is 10.1 Å². The summed E-state index contributed by atoms with van der Waals surface area (Å²) in [5.41, 5.74) is 5.36. The minimum Gasteiger partial charge on any atom is -0.323 e. The van der Waals surface area contributed by atoms with E-state index in [1.807, 2.05) is 0 Å². The highest BCUT2D eigenvalue weighted by Crippen LogP contribution is 2.20. The molecule has 0 fully saturated rings. The third-order valence-electron chi connectivity index (χ3n) is 2.23. The van der Waals surface area contributed by atoms with Gasteiger partial charge in [0.05, 0.1) is 12.2 Å². The Kier molecular flexibility index (Phi) is 4.46. The third-order valence-corrected chi connectivity index (χ3v) is 2.23. The Morgan fingerprint density at radius 2 is 2.11 bits per heavy atom. The average molecular weight is 248 g/mol. The first kappa shape index (κ1) is 14.2. The molecule has 1 amide bonds. The molecule has 18 heavy (non-hydrogen) atoms. The number of rotatable bonds is 1. The highest BCUT2D eigenvalue weighted by molar-refractivity contribution is 5.94. The lowest BCUT2D eigenvalue weighted by molar-refractivity contribution is -0.123. The number of amides is 1. The van der Waals surface area contributed by atoms with Crippen LogP contribution in [-0.2, 0) is 4.79 Å². The van der Waals surface area contributed by atoms with E-state index in [9.17, 15) is 9.18 Å². The fourth-order valence-corrected chi connectivity index (χ4v) is 1.16. The molecular formula is C14H17FN2O. The molecular weight excluding hydrogens is 231 g/mol. The van der Waals surface area contributed by atoms with E-state index in [-0.39, 0.29) is 18.1 Å². The Hall–Kier alpha value is -1.86. The molecule has 4 heteroatoms. The quantitative estimate of drug-likeness (QED) is 0.748. The van der Waals surface area contributed by atoms with Crippen LogP contribution < -0.4 is 11.1 Å². The number of anilines is 1. The fourth-order valence-electron chi connectivity index (χ4n) is 1.16. The zero-order valence-corrected chi connectivity index (χ0v) is 10.8. The van der Waals surface area contributed by atoms with Gasteiger partial charge in [0.15, 0.2) is 0 Å². The molecule has 3 nitrogen and oxygen atoms in total. The smallest absolute Gasteiger partial charge is 0.229 e. The molecule has 0 unspecified atom stereocenters. The molecule has 0 atom stereocenters. The van der Waals surface area contributed by atoms with Crippen molar-refractivity contribution in [2.24, 2.45) is 11.1 Å². The summed E-state index contributed by atoms with van der Waals surface area (Å²) >= 11 is 0. The van der Waals surface area contributed by atoms with Gasteiger partial charge in [-0.2, -0.15) is 0 Å². The maximum atomic E-state index is 13.7. The number of hydrogen-bond acceptors (Lipinski definition) is 2. The Bertz CT molecular complexity index is 507. The van der Waals surface area contributed by atoms with Crippen LogP contribution in [0.25, 0.3) is 0 Å². The summed E-state index contributed by atoms with van der Waals surface area (Å²) < 4.78 is 13.7. The van der Waals surface area contributed by atoms with Gasteiger partial charge < -0.3 is 11.1 Å². The van der Waals surface area contributed by atoms with E-state index in [1.165, 1.54) is 12.1 Å². The lowest BCUT2D eigenvalue weighted by Gasteiger charge is -2.17. The lowest BCUT2D eigenvalue weighted by atomic mass is 9.95. The second kappa shape index (κ2) is 5.65. The Balaban J connectivity index is 2.90. The van der Waals surface area contributed by atoms with Crippen LogP contribution in [0.15, 0.2) is 18.2 Å². The molecule has 0 aliphatic heterocycles. The standard InChI is InChI=1S/C14H17FN2O/c1-14(2,3)13(18)17-12-7-6-10(5-4-8-16)9-11(12)15/h6-7,9H,8,16H2,1-3H3,(H,17,18). The lowest BCUT2D eigenvalue weighted by Crippen LogP contribution is -2.28. The van der Waals surface area contributed by atoms with E-state index >= 15 is 0 Å². The van der Waals surface area contributed by atoms with Crippen molar-refractivity contribution in [2.75, 3.05) is 11.9 Å². The van der Waals surface area contributed by atoms with Gasteiger partial charge in [-0.25, -0.2) is 4.39 Å². The number of halogens is 1. The van der Waals surface area contributed by atoms with Gasteiger partial charge in [-0.1, -0.05) is 32.6 Å². The number of carbonyl (C=O) groups is 1. The first-order valence-corrected chi connectivity index (χ1v) is 5.64. The van der Waals surface area contributed by atoms with Gasteiger partial charge in [0.2, 0.25) is 5.91 Å². The van der Waals surface area contributed by atoms with Gasteiger partial charge in [0, 0.05) is 11.0 Å². The van der Waals surface area contributed by atoms with Crippen molar-refractivity contribution in [1.29, 1.82) is 0 Å². The molecule has 0 saturated carbocycles. The van der Waals surface area contributed by atoms with Crippen molar-refractivity contribution in [3.05, 3.63) is 29.6 Å². The predicted molar refractivity (Wildman–Crippen MR) is 70.4 cm³/mol. The third kappa shape index (κ3) is 3.86. The van der Waals surface area contributed by atoms with E-state index in [1.54, 1.807) is 26.8 Å². The normalized spacial score (nSPS) is 10.5. The van der Waals surface area contributed by atoms with Crippen LogP contribution >= 0.6 is 0 Å². The number of nitrogens with two attached hydrogens (primary N) is 1. The summed E-state index contributed by atoms with van der Waals surface area (Å²) in [5, 5.41) is 2.55. The van der Waals surface area contributed by atoms with Crippen LogP contribution in [0, 0.1) is 23.1 Å². The van der Waals surface area contributed by atoms with E-state index in [0.717, 1.165) is 0 Å². The molecule has 0 radical (unpaired) electrons. The first-order chi connectivity index (χ1) is 8.34. The summed E-state index contributed by atoms with van der Waals surface area (Å²) in [6, 6.07) is 4.42. The van der Waals surface area contributed by atoms with Gasteiger partial charge >= 0.3 is 0 Å². The SMILES string of the molecule is CC(C)(C)C(=O)Nc1ccc(C#CCN)cc1F. The van der Waals surface area contributed by atoms with Crippen LogP contribution in [0.5, 0.6) is 0 Å². The van der Waals surface area contributed by atoms with Crippen LogP contribution in [0.2, 0.25) is 0 Å². The first-order valence-electron chi connectivity index (χ1n) is 5.64. The van der Waals surface area contributed by atoms with Gasteiger partial charge in [-0.05, 0) is 18.2 Å². The molecule has 0 aliphatic rings. The zero-order valence-electron chi connectivity index (χ0n) is 10.8. The summed E-state index contributed by atoms with van der Waals surface area (Å²) in [7, 11) is 0. The molecule has 96 valence electrons. The van der Waals surface area contributed by atoms with E-state index in [2.05, 4.69) is 17.2 Å². The Morgan fingerprint density at radius 3 is 2.61 bits per heavy atom. The van der Waals surface area contributed by atoms with Crippen LogP contribution in [0.1, 0.15) is 26.3 Å². The van der Waals surface area contributed by atoms with Gasteiger partial charge in [0.1, 0.15) is 5.82 Å². The second-order valence-electron chi connectivity index (χ2n) is 4.90. The molecule has 1 rings (SSSR count). The average Bonchev–Trinajstić information content (AvgIpc) is 2.28. The summed E-state index contributed by atoms with van der Waals surface area (Å²) in [5.74, 6) is 4.63. The predicted octanol–water partition coefficient (Wildman–Crippen LogP) is 2.12. The van der Waals surface area contributed by atoms with Crippen molar-refractivity contribution in [3.63, 3.8) is 0 Å². The number of nitrogens with one attached hydrogen (secondary N) is 1. The maximum Gasteiger partial charge on any atom is 0.229 e. The molecule has 0 saturated heterocycles. The molecule has 1 aromatic carbocycles. The van der Waals surface area contributed by atoms with Gasteiger partial charge in [-0.15, -0.1) is 0 Å². The van der Waals surface area contributed by atoms with Crippen molar-refractivity contribution < 1.29 is 9.18 Å². The Labute approximate surface area is 107 Å². The van der Waals surface area contributed by atoms with E-state index in [0.29, 0.717) is 5.56 Å². The monoisotopic (exact) mass is 248 g/mol. The van der Waals surface area contributed by atoms with Crippen molar-refractivity contribution in [3.8, 4) is 11.8 Å². The van der Waals surface area contributed by atoms with Crippen molar-refractivity contribution in [2.45, 2.75) is 20.8 Å². The van der Waals surface area contributed by atoms with E-state index in [4.69, 9.17) is 5.73 Å². The van der Waals surface area contributed by atoms with Gasteiger partial charge in [0.25, 0.3) is 0 Å². The summed E-state index contributed by atoms with van der Waals surface area (Å²) in [6.45, 7) is 5.52. The van der Waals surface area contributed by atoms with E-state index < -0.39 is 11.2 Å². The van der Waals surface area contributed by atoms with Crippen LogP contribution in [-0.4, -0.2) is 12.5 Å². The minimum absolute atomic E-state index is 0.160. The molecule has 1 aromatic rings. The zero-order chi connectivity index (χ0) is 13.8.